The lowest BCUT2D eigenvalue weighted by Gasteiger charge is -2.15. The van der Waals surface area contributed by atoms with E-state index in [1.807, 2.05) is 13.8 Å². The lowest BCUT2D eigenvalue weighted by atomic mass is 10.1. The number of rotatable bonds is 7. The molecule has 1 aromatic rings. The summed E-state index contributed by atoms with van der Waals surface area (Å²) in [4.78, 5) is 12.2. The number of hydrogen-bond donors (Lipinski definition) is 2. The molecule has 112 valence electrons. The SMILES string of the molecule is CCNS(=O)(=O)c1cccc(C(=O)NC(CC)CC)c1. The van der Waals surface area contributed by atoms with E-state index in [0.717, 1.165) is 12.8 Å². The summed E-state index contributed by atoms with van der Waals surface area (Å²) in [6.07, 6.45) is 1.69. The van der Waals surface area contributed by atoms with Crippen LogP contribution < -0.4 is 10.0 Å². The molecule has 0 atom stereocenters. The molecule has 0 saturated carbocycles. The van der Waals surface area contributed by atoms with E-state index in [9.17, 15) is 13.2 Å². The van der Waals surface area contributed by atoms with E-state index in [1.165, 1.54) is 12.1 Å². The van der Waals surface area contributed by atoms with Crippen LogP contribution >= 0.6 is 0 Å². The highest BCUT2D eigenvalue weighted by molar-refractivity contribution is 7.89. The zero-order valence-electron chi connectivity index (χ0n) is 12.1. The van der Waals surface area contributed by atoms with Crippen LogP contribution in [0.4, 0.5) is 0 Å². The Labute approximate surface area is 120 Å². The molecule has 0 spiro atoms. The van der Waals surface area contributed by atoms with Crippen LogP contribution in [-0.4, -0.2) is 26.9 Å². The first-order valence-electron chi connectivity index (χ1n) is 6.85. The smallest absolute Gasteiger partial charge is 0.251 e. The number of carbonyl (C=O) groups is 1. The Balaban J connectivity index is 2.96. The molecule has 1 aromatic carbocycles. The quantitative estimate of drug-likeness (QED) is 0.807. The summed E-state index contributed by atoms with van der Waals surface area (Å²) in [7, 11) is -3.54. The third kappa shape index (κ3) is 4.31. The number of sulfonamides is 1. The fourth-order valence-electron chi connectivity index (χ4n) is 1.84. The Kier molecular flexibility index (Phi) is 6.16. The minimum atomic E-state index is -3.54. The zero-order valence-corrected chi connectivity index (χ0v) is 13.0. The van der Waals surface area contributed by atoms with Crippen LogP contribution in [-0.2, 0) is 10.0 Å². The first-order valence-corrected chi connectivity index (χ1v) is 8.33. The molecular formula is C14H22N2O3S. The van der Waals surface area contributed by atoms with E-state index in [-0.39, 0.29) is 16.8 Å². The van der Waals surface area contributed by atoms with Gasteiger partial charge in [-0.3, -0.25) is 4.79 Å². The Bertz CT molecular complexity index is 551. The van der Waals surface area contributed by atoms with E-state index in [4.69, 9.17) is 0 Å². The van der Waals surface area contributed by atoms with Crippen molar-refractivity contribution >= 4 is 15.9 Å². The van der Waals surface area contributed by atoms with Gasteiger partial charge in [0.15, 0.2) is 0 Å². The van der Waals surface area contributed by atoms with Crippen molar-refractivity contribution < 1.29 is 13.2 Å². The monoisotopic (exact) mass is 298 g/mol. The van der Waals surface area contributed by atoms with Gasteiger partial charge in [0, 0.05) is 18.2 Å². The molecule has 0 aromatic heterocycles. The van der Waals surface area contributed by atoms with Crippen LogP contribution in [0.15, 0.2) is 29.2 Å². The minimum absolute atomic E-state index is 0.108. The van der Waals surface area contributed by atoms with Crippen LogP contribution in [0.3, 0.4) is 0 Å². The minimum Gasteiger partial charge on any atom is -0.349 e. The molecule has 1 rings (SSSR count). The van der Waals surface area contributed by atoms with Crippen LogP contribution in [0.1, 0.15) is 44.0 Å². The average Bonchev–Trinajstić information content (AvgIpc) is 2.44. The van der Waals surface area contributed by atoms with E-state index < -0.39 is 10.0 Å². The first-order chi connectivity index (χ1) is 9.44. The molecule has 6 heteroatoms. The summed E-state index contributed by atoms with van der Waals surface area (Å²) >= 11 is 0. The molecule has 0 aliphatic carbocycles. The molecule has 0 aliphatic heterocycles. The molecule has 0 unspecified atom stereocenters. The maximum Gasteiger partial charge on any atom is 0.251 e. The highest BCUT2D eigenvalue weighted by atomic mass is 32.2. The van der Waals surface area contributed by atoms with Crippen molar-refractivity contribution in [2.24, 2.45) is 0 Å². The maximum absolute atomic E-state index is 12.1. The summed E-state index contributed by atoms with van der Waals surface area (Å²) < 4.78 is 26.2. The summed E-state index contributed by atoms with van der Waals surface area (Å²) in [6.45, 7) is 6.02. The van der Waals surface area contributed by atoms with Gasteiger partial charge < -0.3 is 5.32 Å². The van der Waals surface area contributed by atoms with Crippen molar-refractivity contribution in [2.75, 3.05) is 6.54 Å². The molecule has 0 heterocycles. The van der Waals surface area contributed by atoms with Gasteiger partial charge in [-0.1, -0.05) is 26.8 Å². The zero-order chi connectivity index (χ0) is 15.2. The summed E-state index contributed by atoms with van der Waals surface area (Å²) in [5.74, 6) is -0.243. The Morgan fingerprint density at radius 3 is 2.40 bits per heavy atom. The molecule has 0 radical (unpaired) electrons. The summed E-state index contributed by atoms with van der Waals surface area (Å²) in [6, 6.07) is 6.17. The molecule has 0 saturated heterocycles. The van der Waals surface area contributed by atoms with Crippen molar-refractivity contribution in [3.8, 4) is 0 Å². The molecule has 0 bridgehead atoms. The second-order valence-electron chi connectivity index (χ2n) is 4.52. The Morgan fingerprint density at radius 2 is 1.85 bits per heavy atom. The molecule has 0 fully saturated rings. The van der Waals surface area contributed by atoms with Crippen molar-refractivity contribution in [3.63, 3.8) is 0 Å². The third-order valence-electron chi connectivity index (χ3n) is 3.06. The predicted molar refractivity (Wildman–Crippen MR) is 79.1 cm³/mol. The molecule has 1 amide bonds. The molecule has 20 heavy (non-hydrogen) atoms. The van der Waals surface area contributed by atoms with Crippen LogP contribution in [0.25, 0.3) is 0 Å². The van der Waals surface area contributed by atoms with E-state index >= 15 is 0 Å². The Morgan fingerprint density at radius 1 is 1.20 bits per heavy atom. The fourth-order valence-corrected chi connectivity index (χ4v) is 2.93. The van der Waals surface area contributed by atoms with Gasteiger partial charge in [0.25, 0.3) is 5.91 Å². The lowest BCUT2D eigenvalue weighted by Crippen LogP contribution is -2.34. The third-order valence-corrected chi connectivity index (χ3v) is 4.60. The molecule has 0 aliphatic rings. The first kappa shape index (κ1) is 16.7. The molecule has 2 N–H and O–H groups in total. The van der Waals surface area contributed by atoms with Gasteiger partial charge in [-0.25, -0.2) is 13.1 Å². The largest absolute Gasteiger partial charge is 0.349 e. The van der Waals surface area contributed by atoms with Crippen molar-refractivity contribution in [1.29, 1.82) is 0 Å². The maximum atomic E-state index is 12.1. The number of nitrogens with one attached hydrogen (secondary N) is 2. The van der Waals surface area contributed by atoms with Gasteiger partial charge in [-0.15, -0.1) is 0 Å². The number of hydrogen-bond acceptors (Lipinski definition) is 3. The summed E-state index contributed by atoms with van der Waals surface area (Å²) in [5.41, 5.74) is 0.357. The highest BCUT2D eigenvalue weighted by Gasteiger charge is 2.16. The van der Waals surface area contributed by atoms with Crippen molar-refractivity contribution in [1.82, 2.24) is 10.0 Å². The second-order valence-corrected chi connectivity index (χ2v) is 6.28. The molecule has 5 nitrogen and oxygen atoms in total. The van der Waals surface area contributed by atoms with E-state index in [0.29, 0.717) is 12.1 Å². The second kappa shape index (κ2) is 7.40. The number of amides is 1. The van der Waals surface area contributed by atoms with E-state index in [1.54, 1.807) is 19.1 Å². The lowest BCUT2D eigenvalue weighted by molar-refractivity contribution is 0.0934. The average molecular weight is 298 g/mol. The van der Waals surface area contributed by atoms with Gasteiger partial charge in [0.1, 0.15) is 0 Å². The Hall–Kier alpha value is -1.40. The number of benzene rings is 1. The fraction of sp³-hybridized carbons (Fsp3) is 0.500. The van der Waals surface area contributed by atoms with Crippen molar-refractivity contribution in [3.05, 3.63) is 29.8 Å². The molecular weight excluding hydrogens is 276 g/mol. The predicted octanol–water partition coefficient (Wildman–Crippen LogP) is 1.90. The van der Waals surface area contributed by atoms with Gasteiger partial charge in [-0.05, 0) is 31.0 Å². The van der Waals surface area contributed by atoms with Crippen LogP contribution in [0.2, 0.25) is 0 Å². The summed E-state index contributed by atoms with van der Waals surface area (Å²) in [5, 5.41) is 2.89. The van der Waals surface area contributed by atoms with E-state index in [2.05, 4.69) is 10.0 Å². The van der Waals surface area contributed by atoms with Crippen LogP contribution in [0, 0.1) is 0 Å². The van der Waals surface area contributed by atoms with Gasteiger partial charge in [0.2, 0.25) is 10.0 Å². The normalized spacial score (nSPS) is 11.6. The van der Waals surface area contributed by atoms with Gasteiger partial charge in [0.05, 0.1) is 4.90 Å². The van der Waals surface area contributed by atoms with Crippen molar-refractivity contribution in [2.45, 2.75) is 44.6 Å². The van der Waals surface area contributed by atoms with Gasteiger partial charge in [-0.2, -0.15) is 0 Å². The topological polar surface area (TPSA) is 75.3 Å². The van der Waals surface area contributed by atoms with Crippen LogP contribution in [0.5, 0.6) is 0 Å². The standard InChI is InChI=1S/C14H22N2O3S/c1-4-12(5-2)16-14(17)11-8-7-9-13(10-11)20(18,19)15-6-3/h7-10,12,15H,4-6H2,1-3H3,(H,16,17). The van der Waals surface area contributed by atoms with Gasteiger partial charge >= 0.3 is 0 Å². The number of carbonyl (C=O) groups excluding carboxylic acids is 1. The highest BCUT2D eigenvalue weighted by Crippen LogP contribution is 2.12.